The molecule has 0 saturated heterocycles. The highest BCUT2D eigenvalue weighted by atomic mass is 35.5. The van der Waals surface area contributed by atoms with Crippen molar-refractivity contribution in [1.29, 1.82) is 0 Å². The zero-order valence-corrected chi connectivity index (χ0v) is 14.1. The van der Waals surface area contributed by atoms with Gasteiger partial charge in [0.2, 0.25) is 11.7 Å². The molecule has 0 bridgehead atoms. The first kappa shape index (κ1) is 16.2. The molecule has 24 heavy (non-hydrogen) atoms. The third-order valence-electron chi connectivity index (χ3n) is 3.60. The maximum Gasteiger partial charge on any atom is 0.258 e. The first-order valence-electron chi connectivity index (χ1n) is 7.47. The van der Waals surface area contributed by atoms with Crippen LogP contribution in [0.25, 0.3) is 22.8 Å². The van der Waals surface area contributed by atoms with Crippen LogP contribution >= 0.6 is 11.6 Å². The normalized spacial score (nSPS) is 10.6. The van der Waals surface area contributed by atoms with Crippen molar-refractivity contribution in [3.05, 3.63) is 58.6 Å². The summed E-state index contributed by atoms with van der Waals surface area (Å²) in [6.07, 6.45) is 0. The maximum atomic E-state index is 10.9. The van der Waals surface area contributed by atoms with Crippen LogP contribution < -0.4 is 5.32 Å². The third kappa shape index (κ3) is 3.63. The van der Waals surface area contributed by atoms with Crippen LogP contribution in [-0.4, -0.2) is 16.0 Å². The lowest BCUT2D eigenvalue weighted by molar-refractivity contribution is -0.119. The molecule has 0 fully saturated rings. The molecule has 1 amide bonds. The van der Waals surface area contributed by atoms with E-state index in [1.165, 1.54) is 6.92 Å². The number of aryl methyl sites for hydroxylation is 1. The number of hydrogen-bond acceptors (Lipinski definition) is 4. The van der Waals surface area contributed by atoms with Crippen molar-refractivity contribution in [2.45, 2.75) is 20.4 Å². The Balaban J connectivity index is 1.81. The lowest BCUT2D eigenvalue weighted by Crippen LogP contribution is -2.18. The van der Waals surface area contributed by atoms with Gasteiger partial charge in [0.05, 0.1) is 0 Å². The first-order chi connectivity index (χ1) is 11.5. The Bertz CT molecular complexity index is 872. The van der Waals surface area contributed by atoms with E-state index in [-0.39, 0.29) is 5.91 Å². The third-order valence-corrected chi connectivity index (χ3v) is 3.83. The average molecular weight is 342 g/mol. The smallest absolute Gasteiger partial charge is 0.258 e. The van der Waals surface area contributed by atoms with Gasteiger partial charge in [-0.1, -0.05) is 28.9 Å². The minimum absolute atomic E-state index is 0.0565. The highest BCUT2D eigenvalue weighted by Crippen LogP contribution is 2.26. The quantitative estimate of drug-likeness (QED) is 0.778. The SMILES string of the molecule is CC(=O)NCc1ccc(-c2nc(-c3ccc(Cl)cc3C)no2)cc1. The fourth-order valence-corrected chi connectivity index (χ4v) is 2.55. The van der Waals surface area contributed by atoms with Crippen LogP contribution in [0.15, 0.2) is 47.0 Å². The summed E-state index contributed by atoms with van der Waals surface area (Å²) in [4.78, 5) is 15.4. The van der Waals surface area contributed by atoms with Gasteiger partial charge < -0.3 is 9.84 Å². The largest absolute Gasteiger partial charge is 0.352 e. The van der Waals surface area contributed by atoms with Crippen molar-refractivity contribution >= 4 is 17.5 Å². The van der Waals surface area contributed by atoms with Crippen molar-refractivity contribution in [1.82, 2.24) is 15.5 Å². The molecule has 3 aromatic rings. The summed E-state index contributed by atoms with van der Waals surface area (Å²) in [6.45, 7) is 3.94. The molecule has 5 nitrogen and oxygen atoms in total. The Kier molecular flexibility index (Phi) is 4.62. The van der Waals surface area contributed by atoms with Gasteiger partial charge >= 0.3 is 0 Å². The van der Waals surface area contributed by atoms with Crippen LogP contribution in [0.4, 0.5) is 0 Å². The summed E-state index contributed by atoms with van der Waals surface area (Å²) in [7, 11) is 0. The average Bonchev–Trinajstić information content (AvgIpc) is 3.03. The number of hydrogen-bond donors (Lipinski definition) is 1. The topological polar surface area (TPSA) is 68.0 Å². The number of rotatable bonds is 4. The standard InChI is InChI=1S/C18H16ClN3O2/c1-11-9-15(19)7-8-16(11)17-21-18(24-22-17)14-5-3-13(4-6-14)10-20-12(2)23/h3-9H,10H2,1-2H3,(H,20,23). The van der Waals surface area contributed by atoms with Crippen molar-refractivity contribution in [2.24, 2.45) is 0 Å². The van der Waals surface area contributed by atoms with Crippen molar-refractivity contribution < 1.29 is 9.32 Å². The predicted octanol–water partition coefficient (Wildman–Crippen LogP) is 4.00. The molecule has 0 aliphatic rings. The van der Waals surface area contributed by atoms with E-state index in [0.29, 0.717) is 23.3 Å². The molecular formula is C18H16ClN3O2. The van der Waals surface area contributed by atoms with Gasteiger partial charge in [0.1, 0.15) is 0 Å². The van der Waals surface area contributed by atoms with E-state index in [0.717, 1.165) is 22.3 Å². The Morgan fingerprint density at radius 2 is 1.96 bits per heavy atom. The van der Waals surface area contributed by atoms with Crippen LogP contribution in [0, 0.1) is 6.92 Å². The van der Waals surface area contributed by atoms with E-state index < -0.39 is 0 Å². The van der Waals surface area contributed by atoms with Gasteiger partial charge in [0, 0.05) is 29.6 Å². The lowest BCUT2D eigenvalue weighted by atomic mass is 10.1. The van der Waals surface area contributed by atoms with Crippen molar-refractivity contribution in [2.75, 3.05) is 0 Å². The van der Waals surface area contributed by atoms with Crippen LogP contribution in [0.5, 0.6) is 0 Å². The minimum Gasteiger partial charge on any atom is -0.352 e. The van der Waals surface area contributed by atoms with Gasteiger partial charge in [-0.05, 0) is 48.4 Å². The van der Waals surface area contributed by atoms with Gasteiger partial charge in [-0.3, -0.25) is 4.79 Å². The van der Waals surface area contributed by atoms with Crippen molar-refractivity contribution in [3.8, 4) is 22.8 Å². The molecule has 0 aliphatic heterocycles. The number of benzene rings is 2. The second-order valence-electron chi connectivity index (χ2n) is 5.49. The molecule has 1 heterocycles. The molecule has 1 N–H and O–H groups in total. The van der Waals surface area contributed by atoms with Crippen LogP contribution in [0.2, 0.25) is 5.02 Å². The number of halogens is 1. The minimum atomic E-state index is -0.0565. The molecule has 2 aromatic carbocycles. The summed E-state index contributed by atoms with van der Waals surface area (Å²) in [5.74, 6) is 0.922. The molecule has 0 spiro atoms. The van der Waals surface area contributed by atoms with Crippen LogP contribution in [0.1, 0.15) is 18.1 Å². The summed E-state index contributed by atoms with van der Waals surface area (Å²) in [5, 5.41) is 7.48. The molecule has 0 atom stereocenters. The molecule has 122 valence electrons. The molecule has 6 heteroatoms. The second kappa shape index (κ2) is 6.84. The maximum absolute atomic E-state index is 10.9. The number of carbonyl (C=O) groups excluding carboxylic acids is 1. The van der Waals surface area contributed by atoms with E-state index in [4.69, 9.17) is 16.1 Å². The summed E-state index contributed by atoms with van der Waals surface area (Å²) >= 11 is 5.98. The lowest BCUT2D eigenvalue weighted by Gasteiger charge is -2.02. The van der Waals surface area contributed by atoms with Gasteiger partial charge in [0.15, 0.2) is 0 Å². The van der Waals surface area contributed by atoms with E-state index in [1.54, 1.807) is 6.07 Å². The monoisotopic (exact) mass is 341 g/mol. The fraction of sp³-hybridized carbons (Fsp3) is 0.167. The highest BCUT2D eigenvalue weighted by Gasteiger charge is 2.12. The number of aromatic nitrogens is 2. The Labute approximate surface area is 144 Å². The van der Waals surface area contributed by atoms with Crippen LogP contribution in [0.3, 0.4) is 0 Å². The van der Waals surface area contributed by atoms with Crippen LogP contribution in [-0.2, 0) is 11.3 Å². The van der Waals surface area contributed by atoms with Gasteiger partial charge in [-0.15, -0.1) is 0 Å². The molecule has 0 aliphatic carbocycles. The highest BCUT2D eigenvalue weighted by molar-refractivity contribution is 6.30. The van der Waals surface area contributed by atoms with E-state index >= 15 is 0 Å². The molecular weight excluding hydrogens is 326 g/mol. The number of nitrogens with zero attached hydrogens (tertiary/aromatic N) is 2. The Morgan fingerprint density at radius 3 is 2.62 bits per heavy atom. The van der Waals surface area contributed by atoms with Gasteiger partial charge in [-0.25, -0.2) is 0 Å². The molecule has 0 unspecified atom stereocenters. The van der Waals surface area contributed by atoms with Gasteiger partial charge in [0.25, 0.3) is 5.89 Å². The van der Waals surface area contributed by atoms with E-state index in [1.807, 2.05) is 43.3 Å². The second-order valence-corrected chi connectivity index (χ2v) is 5.93. The molecule has 0 radical (unpaired) electrons. The van der Waals surface area contributed by atoms with E-state index in [2.05, 4.69) is 15.5 Å². The zero-order valence-electron chi connectivity index (χ0n) is 13.3. The summed E-state index contributed by atoms with van der Waals surface area (Å²) < 4.78 is 5.36. The molecule has 3 rings (SSSR count). The predicted molar refractivity (Wildman–Crippen MR) is 92.4 cm³/mol. The summed E-state index contributed by atoms with van der Waals surface area (Å²) in [6, 6.07) is 13.2. The van der Waals surface area contributed by atoms with Gasteiger partial charge in [-0.2, -0.15) is 4.98 Å². The first-order valence-corrected chi connectivity index (χ1v) is 7.85. The number of nitrogens with one attached hydrogen (secondary N) is 1. The molecule has 1 aromatic heterocycles. The fourth-order valence-electron chi connectivity index (χ4n) is 2.32. The number of carbonyl (C=O) groups is 1. The Hall–Kier alpha value is -2.66. The van der Waals surface area contributed by atoms with E-state index in [9.17, 15) is 4.79 Å². The number of amides is 1. The molecule has 0 saturated carbocycles. The summed E-state index contributed by atoms with van der Waals surface area (Å²) in [5.41, 5.74) is 3.70. The zero-order chi connectivity index (χ0) is 17.1. The Morgan fingerprint density at radius 1 is 1.21 bits per heavy atom. The van der Waals surface area contributed by atoms with Crippen molar-refractivity contribution in [3.63, 3.8) is 0 Å².